The third kappa shape index (κ3) is 3.40. The second kappa shape index (κ2) is 7.38. The Labute approximate surface area is 154 Å². The molecule has 134 valence electrons. The van der Waals surface area contributed by atoms with E-state index in [4.69, 9.17) is 0 Å². The average Bonchev–Trinajstić information content (AvgIpc) is 3.33. The molecule has 26 heavy (non-hydrogen) atoms. The highest BCUT2D eigenvalue weighted by atomic mass is 15.6. The molecule has 1 fully saturated rings. The maximum absolute atomic E-state index is 4.44. The number of aromatic nitrogens is 4. The van der Waals surface area contributed by atoms with Crippen molar-refractivity contribution in [3.63, 3.8) is 0 Å². The molecule has 1 N–H and O–H groups in total. The molecule has 0 saturated heterocycles. The predicted octanol–water partition coefficient (Wildman–Crippen LogP) is 3.57. The van der Waals surface area contributed by atoms with Crippen LogP contribution in [-0.4, -0.2) is 26.8 Å². The number of rotatable bonds is 6. The zero-order valence-corrected chi connectivity index (χ0v) is 15.2. The van der Waals surface area contributed by atoms with Gasteiger partial charge in [-0.15, -0.1) is 5.10 Å². The Balaban J connectivity index is 1.58. The van der Waals surface area contributed by atoms with E-state index >= 15 is 0 Å². The Morgan fingerprint density at radius 2 is 1.85 bits per heavy atom. The molecule has 0 bridgehead atoms. The largest absolute Gasteiger partial charge is 0.304 e. The smallest absolute Gasteiger partial charge is 0.176 e. The molecular weight excluding hydrogens is 322 g/mol. The normalized spacial score (nSPS) is 16.0. The molecule has 1 aliphatic rings. The topological polar surface area (TPSA) is 55.6 Å². The SMILES string of the molecule is Cc1cccc(-n2nnnc2C2(NCCc3ccccc3)CCCC2)c1. The molecule has 5 nitrogen and oxygen atoms in total. The summed E-state index contributed by atoms with van der Waals surface area (Å²) in [7, 11) is 0. The van der Waals surface area contributed by atoms with Crippen LogP contribution in [0.15, 0.2) is 54.6 Å². The van der Waals surface area contributed by atoms with E-state index in [0.717, 1.165) is 37.3 Å². The molecule has 0 radical (unpaired) electrons. The summed E-state index contributed by atoms with van der Waals surface area (Å²) in [4.78, 5) is 0. The maximum atomic E-state index is 4.44. The van der Waals surface area contributed by atoms with E-state index in [9.17, 15) is 0 Å². The molecule has 5 heteroatoms. The monoisotopic (exact) mass is 347 g/mol. The van der Waals surface area contributed by atoms with Gasteiger partial charge in [-0.05, 0) is 59.9 Å². The van der Waals surface area contributed by atoms with Gasteiger partial charge in [0.2, 0.25) is 0 Å². The zero-order chi connectivity index (χ0) is 17.8. The molecule has 1 aliphatic carbocycles. The van der Waals surface area contributed by atoms with E-state index in [2.05, 4.69) is 82.4 Å². The Bertz CT molecular complexity index is 850. The van der Waals surface area contributed by atoms with E-state index in [-0.39, 0.29) is 5.54 Å². The molecule has 0 spiro atoms. The minimum absolute atomic E-state index is 0.137. The van der Waals surface area contributed by atoms with Crippen LogP contribution in [0.2, 0.25) is 0 Å². The molecule has 4 rings (SSSR count). The minimum Gasteiger partial charge on any atom is -0.304 e. The van der Waals surface area contributed by atoms with Crippen molar-refractivity contribution >= 4 is 0 Å². The van der Waals surface area contributed by atoms with Gasteiger partial charge < -0.3 is 5.32 Å². The first-order valence-corrected chi connectivity index (χ1v) is 9.42. The van der Waals surface area contributed by atoms with Crippen molar-refractivity contribution in [2.45, 2.75) is 44.6 Å². The lowest BCUT2D eigenvalue weighted by Crippen LogP contribution is -2.43. The number of tetrazole rings is 1. The van der Waals surface area contributed by atoms with Crippen molar-refractivity contribution in [3.05, 3.63) is 71.5 Å². The molecule has 1 aromatic heterocycles. The van der Waals surface area contributed by atoms with Crippen LogP contribution in [0.3, 0.4) is 0 Å². The van der Waals surface area contributed by atoms with E-state index in [1.807, 2.05) is 4.68 Å². The fourth-order valence-corrected chi connectivity index (χ4v) is 3.97. The van der Waals surface area contributed by atoms with Crippen LogP contribution in [-0.2, 0) is 12.0 Å². The van der Waals surface area contributed by atoms with Gasteiger partial charge in [-0.1, -0.05) is 55.3 Å². The van der Waals surface area contributed by atoms with Crippen LogP contribution in [0.25, 0.3) is 5.69 Å². The molecule has 0 amide bonds. The van der Waals surface area contributed by atoms with Crippen LogP contribution in [0.5, 0.6) is 0 Å². The maximum Gasteiger partial charge on any atom is 0.176 e. The Kier molecular flexibility index (Phi) is 4.80. The number of nitrogens with zero attached hydrogens (tertiary/aromatic N) is 4. The Hall–Kier alpha value is -2.53. The molecule has 3 aromatic rings. The lowest BCUT2D eigenvalue weighted by molar-refractivity contribution is 0.317. The second-order valence-corrected chi connectivity index (χ2v) is 7.20. The molecule has 0 unspecified atom stereocenters. The summed E-state index contributed by atoms with van der Waals surface area (Å²) >= 11 is 0. The quantitative estimate of drug-likeness (QED) is 0.740. The van der Waals surface area contributed by atoms with Gasteiger partial charge in [-0.2, -0.15) is 4.68 Å². The summed E-state index contributed by atoms with van der Waals surface area (Å²) in [6.45, 7) is 3.02. The van der Waals surface area contributed by atoms with Crippen LogP contribution >= 0.6 is 0 Å². The molecule has 0 aliphatic heterocycles. The van der Waals surface area contributed by atoms with Crippen molar-refractivity contribution in [2.24, 2.45) is 0 Å². The van der Waals surface area contributed by atoms with Crippen molar-refractivity contribution in [3.8, 4) is 5.69 Å². The van der Waals surface area contributed by atoms with Crippen LogP contribution < -0.4 is 5.32 Å². The third-order valence-electron chi connectivity index (χ3n) is 5.32. The summed E-state index contributed by atoms with van der Waals surface area (Å²) in [6, 6.07) is 19.0. The van der Waals surface area contributed by atoms with Crippen molar-refractivity contribution in [2.75, 3.05) is 6.54 Å². The number of benzene rings is 2. The molecule has 0 atom stereocenters. The summed E-state index contributed by atoms with van der Waals surface area (Å²) in [5, 5.41) is 16.6. The first kappa shape index (κ1) is 16.9. The van der Waals surface area contributed by atoms with Crippen molar-refractivity contribution in [1.82, 2.24) is 25.5 Å². The lowest BCUT2D eigenvalue weighted by Gasteiger charge is -2.29. The molecule has 1 saturated carbocycles. The van der Waals surface area contributed by atoms with Crippen molar-refractivity contribution < 1.29 is 0 Å². The molecule has 1 heterocycles. The van der Waals surface area contributed by atoms with Gasteiger partial charge >= 0.3 is 0 Å². The second-order valence-electron chi connectivity index (χ2n) is 7.20. The van der Waals surface area contributed by atoms with Gasteiger partial charge in [-0.3, -0.25) is 0 Å². The first-order chi connectivity index (χ1) is 12.8. The third-order valence-corrected chi connectivity index (χ3v) is 5.32. The zero-order valence-electron chi connectivity index (χ0n) is 15.2. The fourth-order valence-electron chi connectivity index (χ4n) is 3.97. The van der Waals surface area contributed by atoms with Gasteiger partial charge in [0.15, 0.2) is 5.82 Å². The number of hydrogen-bond donors (Lipinski definition) is 1. The van der Waals surface area contributed by atoms with Gasteiger partial charge in [0.05, 0.1) is 11.2 Å². The lowest BCUT2D eigenvalue weighted by atomic mass is 9.95. The minimum atomic E-state index is -0.137. The standard InChI is InChI=1S/C21H25N5/c1-17-8-7-11-19(16-17)26-20(23-24-25-26)21(13-5-6-14-21)22-15-12-18-9-3-2-4-10-18/h2-4,7-11,16,22H,5-6,12-15H2,1H3. The summed E-state index contributed by atoms with van der Waals surface area (Å²) < 4.78 is 1.91. The van der Waals surface area contributed by atoms with Crippen LogP contribution in [0.4, 0.5) is 0 Å². The number of hydrogen-bond acceptors (Lipinski definition) is 4. The van der Waals surface area contributed by atoms with Gasteiger partial charge in [0.25, 0.3) is 0 Å². The Morgan fingerprint density at radius 1 is 1.04 bits per heavy atom. The summed E-state index contributed by atoms with van der Waals surface area (Å²) in [5.74, 6) is 0.939. The highest BCUT2D eigenvalue weighted by molar-refractivity contribution is 5.36. The summed E-state index contributed by atoms with van der Waals surface area (Å²) in [5.41, 5.74) is 3.45. The van der Waals surface area contributed by atoms with Crippen LogP contribution in [0.1, 0.15) is 42.6 Å². The molecular formula is C21H25N5. The number of aryl methyl sites for hydroxylation is 1. The van der Waals surface area contributed by atoms with Crippen molar-refractivity contribution in [1.29, 1.82) is 0 Å². The van der Waals surface area contributed by atoms with Gasteiger partial charge in [0.1, 0.15) is 0 Å². The van der Waals surface area contributed by atoms with E-state index in [1.165, 1.54) is 24.0 Å². The van der Waals surface area contributed by atoms with E-state index in [0.29, 0.717) is 0 Å². The predicted molar refractivity (Wildman–Crippen MR) is 102 cm³/mol. The highest BCUT2D eigenvalue weighted by Gasteiger charge is 2.40. The van der Waals surface area contributed by atoms with Crippen LogP contribution in [0, 0.1) is 6.92 Å². The average molecular weight is 347 g/mol. The summed E-state index contributed by atoms with van der Waals surface area (Å²) in [6.07, 6.45) is 5.58. The fraction of sp³-hybridized carbons (Fsp3) is 0.381. The first-order valence-electron chi connectivity index (χ1n) is 9.42. The molecule has 2 aromatic carbocycles. The Morgan fingerprint density at radius 3 is 2.62 bits per heavy atom. The van der Waals surface area contributed by atoms with Gasteiger partial charge in [-0.25, -0.2) is 0 Å². The van der Waals surface area contributed by atoms with E-state index < -0.39 is 0 Å². The number of nitrogens with one attached hydrogen (secondary N) is 1. The highest BCUT2D eigenvalue weighted by Crippen LogP contribution is 2.38. The van der Waals surface area contributed by atoms with Gasteiger partial charge in [0, 0.05) is 6.54 Å². The van der Waals surface area contributed by atoms with E-state index in [1.54, 1.807) is 0 Å².